The highest BCUT2D eigenvalue weighted by atomic mass is 16.5. The van der Waals surface area contributed by atoms with E-state index in [0.717, 1.165) is 0 Å². The van der Waals surface area contributed by atoms with E-state index in [4.69, 9.17) is 4.74 Å². The summed E-state index contributed by atoms with van der Waals surface area (Å²) < 4.78 is 5.13. The molecule has 0 radical (unpaired) electrons. The maximum Gasteiger partial charge on any atom is 0.318 e. The molecule has 2 aliphatic heterocycles. The van der Waals surface area contributed by atoms with Crippen LogP contribution in [0.3, 0.4) is 0 Å². The Morgan fingerprint density at radius 1 is 1.35 bits per heavy atom. The number of morpholine rings is 1. The highest BCUT2D eigenvalue weighted by molar-refractivity contribution is 6.01. The molecule has 7 heteroatoms. The van der Waals surface area contributed by atoms with Gasteiger partial charge in [0, 0.05) is 19.5 Å². The van der Waals surface area contributed by atoms with E-state index in [0.29, 0.717) is 32.7 Å². The molecule has 0 bridgehead atoms. The molecule has 0 spiro atoms. The van der Waals surface area contributed by atoms with E-state index in [2.05, 4.69) is 10.6 Å². The Morgan fingerprint density at radius 2 is 2.06 bits per heavy atom. The van der Waals surface area contributed by atoms with E-state index in [-0.39, 0.29) is 18.4 Å². The molecule has 0 aromatic rings. The summed E-state index contributed by atoms with van der Waals surface area (Å²) >= 11 is 0. The molecule has 2 aliphatic rings. The van der Waals surface area contributed by atoms with Gasteiger partial charge in [-0.05, 0) is 6.42 Å². The first kappa shape index (κ1) is 11.8. The summed E-state index contributed by atoms with van der Waals surface area (Å²) in [6, 6.07) is -0.883. The lowest BCUT2D eigenvalue weighted by atomic mass is 10.1. The van der Waals surface area contributed by atoms with Crippen LogP contribution in [-0.2, 0) is 14.3 Å². The van der Waals surface area contributed by atoms with Gasteiger partial charge in [0.25, 0.3) is 0 Å². The van der Waals surface area contributed by atoms with Crippen LogP contribution >= 0.6 is 0 Å². The highest BCUT2D eigenvalue weighted by Crippen LogP contribution is 2.05. The molecule has 17 heavy (non-hydrogen) atoms. The molecule has 7 nitrogen and oxygen atoms in total. The maximum absolute atomic E-state index is 11.8. The monoisotopic (exact) mass is 241 g/mol. The van der Waals surface area contributed by atoms with Crippen molar-refractivity contribution in [2.24, 2.45) is 0 Å². The molecule has 2 rings (SSSR count). The fourth-order valence-electron chi connectivity index (χ4n) is 1.84. The Hall–Kier alpha value is -1.63. The molecular weight excluding hydrogens is 226 g/mol. The van der Waals surface area contributed by atoms with E-state index in [1.165, 1.54) is 0 Å². The predicted molar refractivity (Wildman–Crippen MR) is 57.1 cm³/mol. The number of nitrogens with zero attached hydrogens (tertiary/aromatic N) is 1. The van der Waals surface area contributed by atoms with Gasteiger partial charge in [0.1, 0.15) is 6.04 Å². The van der Waals surface area contributed by atoms with Crippen molar-refractivity contribution < 1.29 is 19.1 Å². The summed E-state index contributed by atoms with van der Waals surface area (Å²) in [7, 11) is 0. The average molecular weight is 241 g/mol. The summed E-state index contributed by atoms with van der Waals surface area (Å²) in [4.78, 5) is 35.8. The van der Waals surface area contributed by atoms with Crippen molar-refractivity contribution in [2.75, 3.05) is 26.3 Å². The number of imide groups is 1. The Bertz CT molecular complexity index is 338. The fraction of sp³-hybridized carbons (Fsp3) is 0.700. The minimum Gasteiger partial charge on any atom is -0.378 e. The Kier molecular flexibility index (Phi) is 3.58. The van der Waals surface area contributed by atoms with Gasteiger partial charge >= 0.3 is 6.03 Å². The number of piperidine rings is 1. The molecule has 4 amide bonds. The van der Waals surface area contributed by atoms with Crippen LogP contribution in [0, 0.1) is 0 Å². The van der Waals surface area contributed by atoms with E-state index < -0.39 is 11.9 Å². The Morgan fingerprint density at radius 3 is 2.71 bits per heavy atom. The molecule has 2 fully saturated rings. The van der Waals surface area contributed by atoms with Crippen LogP contribution in [-0.4, -0.2) is 55.1 Å². The van der Waals surface area contributed by atoms with Crippen LogP contribution in [0.1, 0.15) is 12.8 Å². The topological polar surface area (TPSA) is 87.7 Å². The summed E-state index contributed by atoms with van der Waals surface area (Å²) in [5.74, 6) is -0.713. The van der Waals surface area contributed by atoms with Crippen molar-refractivity contribution in [3.63, 3.8) is 0 Å². The number of rotatable bonds is 1. The highest BCUT2D eigenvalue weighted by Gasteiger charge is 2.29. The van der Waals surface area contributed by atoms with Crippen molar-refractivity contribution in [2.45, 2.75) is 18.9 Å². The van der Waals surface area contributed by atoms with Gasteiger partial charge in [-0.25, -0.2) is 4.79 Å². The van der Waals surface area contributed by atoms with Crippen molar-refractivity contribution in [1.29, 1.82) is 0 Å². The molecule has 0 aromatic heterocycles. The van der Waals surface area contributed by atoms with Gasteiger partial charge in [0.15, 0.2) is 0 Å². The largest absolute Gasteiger partial charge is 0.378 e. The van der Waals surface area contributed by atoms with Gasteiger partial charge in [-0.15, -0.1) is 0 Å². The summed E-state index contributed by atoms with van der Waals surface area (Å²) in [6.07, 6.45) is 0.626. The molecule has 0 aromatic carbocycles. The van der Waals surface area contributed by atoms with Gasteiger partial charge < -0.3 is 15.0 Å². The standard InChI is InChI=1S/C10H15N3O4/c14-8-2-1-7(9(15)12-8)11-10(16)13-3-5-17-6-4-13/h7H,1-6H2,(H,11,16)(H,12,14,15). The van der Waals surface area contributed by atoms with Crippen LogP contribution in [0.4, 0.5) is 4.79 Å². The summed E-state index contributed by atoms with van der Waals surface area (Å²) in [5.41, 5.74) is 0. The number of hydrogen-bond acceptors (Lipinski definition) is 4. The van der Waals surface area contributed by atoms with Crippen LogP contribution < -0.4 is 10.6 Å². The van der Waals surface area contributed by atoms with Gasteiger partial charge in [-0.3, -0.25) is 14.9 Å². The normalized spacial score (nSPS) is 25.4. The minimum absolute atomic E-state index is 0.264. The minimum atomic E-state index is -0.608. The van der Waals surface area contributed by atoms with E-state index in [1.54, 1.807) is 4.90 Å². The second kappa shape index (κ2) is 5.13. The third-order valence-corrected chi connectivity index (χ3v) is 2.84. The van der Waals surface area contributed by atoms with Crippen LogP contribution in [0.25, 0.3) is 0 Å². The molecule has 1 unspecified atom stereocenters. The van der Waals surface area contributed by atoms with Gasteiger partial charge in [0.05, 0.1) is 13.2 Å². The van der Waals surface area contributed by atoms with Crippen molar-refractivity contribution in [3.05, 3.63) is 0 Å². The Balaban J connectivity index is 1.85. The summed E-state index contributed by atoms with van der Waals surface area (Å²) in [6.45, 7) is 2.09. The SMILES string of the molecule is O=C1CCC(NC(=O)N2CCOCC2)C(=O)N1. The van der Waals surface area contributed by atoms with Crippen molar-refractivity contribution in [1.82, 2.24) is 15.5 Å². The molecule has 2 heterocycles. The first-order valence-electron chi connectivity index (χ1n) is 5.63. The quantitative estimate of drug-likeness (QED) is 0.566. The number of carbonyl (C=O) groups is 3. The number of amides is 4. The third kappa shape index (κ3) is 2.94. The number of hydrogen-bond donors (Lipinski definition) is 2. The number of nitrogens with one attached hydrogen (secondary N) is 2. The number of carbonyl (C=O) groups excluding carboxylic acids is 3. The van der Waals surface area contributed by atoms with Crippen LogP contribution in [0.15, 0.2) is 0 Å². The summed E-state index contributed by atoms with van der Waals surface area (Å²) in [5, 5.41) is 4.83. The molecule has 1 atom stereocenters. The maximum atomic E-state index is 11.8. The van der Waals surface area contributed by atoms with E-state index in [9.17, 15) is 14.4 Å². The first-order chi connectivity index (χ1) is 8.16. The van der Waals surface area contributed by atoms with Gasteiger partial charge in [0.2, 0.25) is 11.8 Å². The third-order valence-electron chi connectivity index (χ3n) is 2.84. The zero-order valence-corrected chi connectivity index (χ0v) is 9.40. The Labute approximate surface area is 98.5 Å². The lowest BCUT2D eigenvalue weighted by Gasteiger charge is -2.29. The zero-order chi connectivity index (χ0) is 12.3. The molecule has 0 aliphatic carbocycles. The smallest absolute Gasteiger partial charge is 0.318 e. The van der Waals surface area contributed by atoms with Gasteiger partial charge in [-0.2, -0.15) is 0 Å². The average Bonchev–Trinajstić information content (AvgIpc) is 2.34. The second-order valence-electron chi connectivity index (χ2n) is 4.05. The zero-order valence-electron chi connectivity index (χ0n) is 9.40. The lowest BCUT2D eigenvalue weighted by Crippen LogP contribution is -2.56. The number of urea groups is 1. The first-order valence-corrected chi connectivity index (χ1v) is 5.63. The van der Waals surface area contributed by atoms with Crippen LogP contribution in [0.2, 0.25) is 0 Å². The lowest BCUT2D eigenvalue weighted by molar-refractivity contribution is -0.134. The number of ether oxygens (including phenoxy) is 1. The van der Waals surface area contributed by atoms with E-state index >= 15 is 0 Å². The molecule has 94 valence electrons. The predicted octanol–water partition coefficient (Wildman–Crippen LogP) is -1.17. The molecular formula is C10H15N3O4. The fourth-order valence-corrected chi connectivity index (χ4v) is 1.84. The van der Waals surface area contributed by atoms with Gasteiger partial charge in [-0.1, -0.05) is 0 Å². The molecule has 2 N–H and O–H groups in total. The molecule has 2 saturated heterocycles. The van der Waals surface area contributed by atoms with Crippen LogP contribution in [0.5, 0.6) is 0 Å². The van der Waals surface area contributed by atoms with Crippen molar-refractivity contribution in [3.8, 4) is 0 Å². The van der Waals surface area contributed by atoms with Crippen molar-refractivity contribution >= 4 is 17.8 Å². The second-order valence-corrected chi connectivity index (χ2v) is 4.05. The molecule has 0 saturated carbocycles. The van der Waals surface area contributed by atoms with E-state index in [1.807, 2.05) is 0 Å².